The van der Waals surface area contributed by atoms with Crippen molar-refractivity contribution in [2.24, 2.45) is 0 Å². The molecule has 0 saturated carbocycles. The number of pyridine rings is 1. The molecule has 0 unspecified atom stereocenters. The Morgan fingerprint density at radius 2 is 1.38 bits per heavy atom. The second kappa shape index (κ2) is 11.4. The third-order valence-electron chi connectivity index (χ3n) is 5.63. The lowest BCUT2D eigenvalue weighted by Gasteiger charge is -2.24. The first-order valence-electron chi connectivity index (χ1n) is 11.3. The molecule has 0 aliphatic heterocycles. The van der Waals surface area contributed by atoms with Crippen LogP contribution in [0, 0.1) is 5.82 Å². The van der Waals surface area contributed by atoms with Crippen LogP contribution in [0.4, 0.5) is 4.39 Å². The van der Waals surface area contributed by atoms with Gasteiger partial charge in [0.2, 0.25) is 0 Å². The van der Waals surface area contributed by atoms with E-state index in [-0.39, 0.29) is 18.3 Å². The van der Waals surface area contributed by atoms with Crippen molar-refractivity contribution in [1.82, 2.24) is 4.98 Å². The summed E-state index contributed by atoms with van der Waals surface area (Å²) in [6.45, 7) is 10.8. The topological polar surface area (TPSA) is 33.1 Å². The van der Waals surface area contributed by atoms with Gasteiger partial charge in [-0.15, -0.1) is 0 Å². The van der Waals surface area contributed by atoms with Gasteiger partial charge in [0.25, 0.3) is 0 Å². The Kier molecular flexibility index (Phi) is 9.29. The molecular weight excluding hydrogens is 361 g/mol. The highest BCUT2D eigenvalue weighted by Crippen LogP contribution is 2.37. The minimum Gasteiger partial charge on any atom is -0.392 e. The van der Waals surface area contributed by atoms with Crippen LogP contribution in [-0.2, 0) is 13.0 Å². The third-order valence-corrected chi connectivity index (χ3v) is 5.63. The molecule has 0 radical (unpaired) electrons. The van der Waals surface area contributed by atoms with Gasteiger partial charge < -0.3 is 5.11 Å². The predicted octanol–water partition coefficient (Wildman–Crippen LogP) is 7.53. The van der Waals surface area contributed by atoms with Crippen molar-refractivity contribution in [2.45, 2.75) is 98.0 Å². The van der Waals surface area contributed by atoms with Gasteiger partial charge in [0.05, 0.1) is 6.61 Å². The number of nitrogens with zero attached hydrogens (tertiary/aromatic N) is 1. The van der Waals surface area contributed by atoms with Crippen molar-refractivity contribution in [2.75, 3.05) is 0 Å². The number of rotatable bonds is 11. The molecule has 3 heteroatoms. The van der Waals surface area contributed by atoms with Gasteiger partial charge in [-0.1, -0.05) is 78.9 Å². The molecule has 0 atom stereocenters. The molecule has 2 aromatic rings. The number of aliphatic hydroxyl groups is 1. The van der Waals surface area contributed by atoms with Crippen LogP contribution in [0.2, 0.25) is 0 Å². The maximum atomic E-state index is 13.6. The Hall–Kier alpha value is -1.74. The Labute approximate surface area is 176 Å². The van der Waals surface area contributed by atoms with Gasteiger partial charge in [-0.2, -0.15) is 0 Å². The molecule has 29 heavy (non-hydrogen) atoms. The van der Waals surface area contributed by atoms with Crippen LogP contribution < -0.4 is 0 Å². The summed E-state index contributed by atoms with van der Waals surface area (Å²) in [5.74, 6) is 0.283. The molecule has 2 nitrogen and oxygen atoms in total. The summed E-state index contributed by atoms with van der Waals surface area (Å²) in [7, 11) is 0. The van der Waals surface area contributed by atoms with Crippen LogP contribution in [0.25, 0.3) is 11.1 Å². The number of halogens is 1. The Morgan fingerprint density at radius 1 is 0.828 bits per heavy atom. The van der Waals surface area contributed by atoms with Crippen LogP contribution in [-0.4, -0.2) is 10.1 Å². The predicted molar refractivity (Wildman–Crippen MR) is 121 cm³/mol. The lowest BCUT2D eigenvalue weighted by molar-refractivity contribution is 0.279. The van der Waals surface area contributed by atoms with Crippen LogP contribution in [0.1, 0.15) is 107 Å². The maximum absolute atomic E-state index is 13.6. The molecule has 0 saturated heterocycles. The number of hydrogen-bond donors (Lipinski definition) is 1. The second-order valence-electron chi connectivity index (χ2n) is 8.71. The highest BCUT2D eigenvalue weighted by molar-refractivity contribution is 5.73. The van der Waals surface area contributed by atoms with Crippen LogP contribution >= 0.6 is 0 Å². The largest absolute Gasteiger partial charge is 0.392 e. The van der Waals surface area contributed by atoms with Crippen molar-refractivity contribution in [3.63, 3.8) is 0 Å². The molecule has 1 N–H and O–H groups in total. The minimum atomic E-state index is -0.237. The second-order valence-corrected chi connectivity index (χ2v) is 8.71. The molecule has 0 bridgehead atoms. The first-order chi connectivity index (χ1) is 13.9. The average Bonchev–Trinajstić information content (AvgIpc) is 2.70. The van der Waals surface area contributed by atoms with Crippen molar-refractivity contribution in [1.29, 1.82) is 0 Å². The highest BCUT2D eigenvalue weighted by Gasteiger charge is 2.23. The molecular formula is C26H38FNO. The third kappa shape index (κ3) is 6.12. The number of hydrogen-bond acceptors (Lipinski definition) is 2. The Bertz CT molecular complexity index is 765. The van der Waals surface area contributed by atoms with E-state index < -0.39 is 0 Å². The zero-order valence-corrected chi connectivity index (χ0v) is 18.9. The first kappa shape index (κ1) is 23.5. The van der Waals surface area contributed by atoms with Crippen molar-refractivity contribution < 1.29 is 9.50 Å². The van der Waals surface area contributed by atoms with E-state index in [1.54, 1.807) is 0 Å². The van der Waals surface area contributed by atoms with E-state index in [1.165, 1.54) is 49.8 Å². The Morgan fingerprint density at radius 3 is 1.93 bits per heavy atom. The van der Waals surface area contributed by atoms with E-state index in [1.807, 2.05) is 12.1 Å². The van der Waals surface area contributed by atoms with Crippen molar-refractivity contribution in [3.05, 3.63) is 52.6 Å². The summed E-state index contributed by atoms with van der Waals surface area (Å²) < 4.78 is 13.6. The van der Waals surface area contributed by atoms with Gasteiger partial charge in [-0.3, -0.25) is 4.98 Å². The van der Waals surface area contributed by atoms with E-state index in [4.69, 9.17) is 4.98 Å². The van der Waals surface area contributed by atoms with E-state index in [9.17, 15) is 9.50 Å². The van der Waals surface area contributed by atoms with Gasteiger partial charge in [0.1, 0.15) is 5.82 Å². The molecule has 0 spiro atoms. The smallest absolute Gasteiger partial charge is 0.123 e. The summed E-state index contributed by atoms with van der Waals surface area (Å²) in [6.07, 6.45) is 8.40. The van der Waals surface area contributed by atoms with E-state index in [0.29, 0.717) is 5.92 Å². The Balaban J connectivity index is 2.53. The van der Waals surface area contributed by atoms with Gasteiger partial charge >= 0.3 is 0 Å². The van der Waals surface area contributed by atoms with Crippen LogP contribution in [0.5, 0.6) is 0 Å². The summed E-state index contributed by atoms with van der Waals surface area (Å²) >= 11 is 0. The molecule has 0 aliphatic rings. The summed E-state index contributed by atoms with van der Waals surface area (Å²) in [5.41, 5.74) is 6.26. The number of aliphatic hydroxyl groups excluding tert-OH is 1. The fourth-order valence-corrected chi connectivity index (χ4v) is 4.12. The molecule has 1 heterocycles. The molecule has 1 aromatic carbocycles. The van der Waals surface area contributed by atoms with Crippen molar-refractivity contribution >= 4 is 0 Å². The van der Waals surface area contributed by atoms with Crippen molar-refractivity contribution in [3.8, 4) is 11.1 Å². The average molecular weight is 400 g/mol. The normalized spacial score (nSPS) is 11.6. The molecule has 0 fully saturated rings. The number of unbranched alkanes of at least 4 members (excludes halogenated alkanes) is 5. The fraction of sp³-hybridized carbons (Fsp3) is 0.577. The van der Waals surface area contributed by atoms with Gasteiger partial charge in [-0.25, -0.2) is 4.39 Å². The van der Waals surface area contributed by atoms with E-state index in [0.717, 1.165) is 40.9 Å². The number of benzene rings is 1. The van der Waals surface area contributed by atoms with Gasteiger partial charge in [0, 0.05) is 17.0 Å². The monoisotopic (exact) mass is 399 g/mol. The van der Waals surface area contributed by atoms with Gasteiger partial charge in [-0.05, 0) is 53.5 Å². The molecule has 0 amide bonds. The van der Waals surface area contributed by atoms with E-state index in [2.05, 4.69) is 34.6 Å². The van der Waals surface area contributed by atoms with Crippen LogP contribution in [0.15, 0.2) is 24.3 Å². The maximum Gasteiger partial charge on any atom is 0.123 e. The molecule has 160 valence electrons. The standard InChI is InChI=1S/C26H38FNO/c1-6-7-8-9-10-11-12-22-24(20-13-15-21(27)16-14-20)23(17-29)26(19(4)5)28-25(22)18(2)3/h13-16,18-19,29H,6-12,17H2,1-5H3. The molecule has 2 rings (SSSR count). The summed E-state index contributed by atoms with van der Waals surface area (Å²) in [5, 5.41) is 10.3. The molecule has 0 aliphatic carbocycles. The minimum absolute atomic E-state index is 0.0465. The highest BCUT2D eigenvalue weighted by atomic mass is 19.1. The zero-order valence-electron chi connectivity index (χ0n) is 18.9. The van der Waals surface area contributed by atoms with Crippen LogP contribution in [0.3, 0.4) is 0 Å². The summed E-state index contributed by atoms with van der Waals surface area (Å²) in [4.78, 5) is 5.04. The van der Waals surface area contributed by atoms with E-state index >= 15 is 0 Å². The SMILES string of the molecule is CCCCCCCCc1c(C(C)C)nc(C(C)C)c(CO)c1-c1ccc(F)cc1. The number of aromatic nitrogens is 1. The lowest BCUT2D eigenvalue weighted by atomic mass is 9.85. The molecule has 1 aromatic heterocycles. The zero-order chi connectivity index (χ0) is 21.4. The fourth-order valence-electron chi connectivity index (χ4n) is 4.12. The first-order valence-corrected chi connectivity index (χ1v) is 11.3. The van der Waals surface area contributed by atoms with Gasteiger partial charge in [0.15, 0.2) is 0 Å². The summed E-state index contributed by atoms with van der Waals surface area (Å²) in [6, 6.07) is 6.69. The quantitative estimate of drug-likeness (QED) is 0.396. The lowest BCUT2D eigenvalue weighted by Crippen LogP contribution is -2.12.